The number of thiophene rings is 1. The van der Waals surface area contributed by atoms with E-state index in [1.165, 1.54) is 14.0 Å². The molecule has 4 rings (SSSR count). The van der Waals surface area contributed by atoms with Gasteiger partial charge in [0.1, 0.15) is 6.54 Å². The lowest BCUT2D eigenvalue weighted by Crippen LogP contribution is -2.49. The number of amides is 1. The molecule has 1 fully saturated rings. The highest BCUT2D eigenvalue weighted by Gasteiger charge is 2.22. The third-order valence-corrected chi connectivity index (χ3v) is 5.72. The monoisotopic (exact) mass is 391 g/mol. The predicted molar refractivity (Wildman–Crippen MR) is 101 cm³/mol. The van der Waals surface area contributed by atoms with Crippen molar-refractivity contribution in [2.45, 2.75) is 13.1 Å². The molecule has 0 spiro atoms. The molecule has 0 bridgehead atoms. The molecule has 136 valence electrons. The van der Waals surface area contributed by atoms with E-state index in [4.69, 9.17) is 11.6 Å². The summed E-state index contributed by atoms with van der Waals surface area (Å²) in [5.41, 5.74) is 0.256. The van der Waals surface area contributed by atoms with E-state index >= 15 is 0 Å². The van der Waals surface area contributed by atoms with Crippen LogP contribution in [0.4, 0.5) is 0 Å². The van der Waals surface area contributed by atoms with Crippen LogP contribution in [0.15, 0.2) is 41.3 Å². The molecule has 1 saturated heterocycles. The molecule has 0 unspecified atom stereocenters. The summed E-state index contributed by atoms with van der Waals surface area (Å²) in [4.78, 5) is 30.2. The number of aromatic nitrogens is 3. The molecule has 1 aliphatic rings. The Hall–Kier alpha value is -2.16. The van der Waals surface area contributed by atoms with Crippen molar-refractivity contribution < 1.29 is 4.79 Å². The van der Waals surface area contributed by atoms with Crippen LogP contribution < -0.4 is 5.69 Å². The number of halogens is 1. The first-order valence-electron chi connectivity index (χ1n) is 8.39. The Bertz CT molecular complexity index is 986. The van der Waals surface area contributed by atoms with Crippen LogP contribution in [0.5, 0.6) is 0 Å². The van der Waals surface area contributed by atoms with Crippen LogP contribution in [0.1, 0.15) is 4.88 Å². The van der Waals surface area contributed by atoms with Crippen LogP contribution in [0.25, 0.3) is 5.65 Å². The Kier molecular flexibility index (Phi) is 4.80. The maximum atomic E-state index is 12.5. The van der Waals surface area contributed by atoms with Crippen molar-refractivity contribution in [3.8, 4) is 0 Å². The summed E-state index contributed by atoms with van der Waals surface area (Å²) in [6.45, 7) is 3.75. The number of hydrogen-bond donors (Lipinski definition) is 0. The van der Waals surface area contributed by atoms with Gasteiger partial charge in [-0.1, -0.05) is 17.7 Å². The molecule has 0 saturated carbocycles. The molecular weight excluding hydrogens is 374 g/mol. The van der Waals surface area contributed by atoms with Gasteiger partial charge < -0.3 is 4.90 Å². The largest absolute Gasteiger partial charge is 0.350 e. The van der Waals surface area contributed by atoms with Gasteiger partial charge in [-0.25, -0.2) is 9.48 Å². The van der Waals surface area contributed by atoms with Crippen LogP contribution in [-0.4, -0.2) is 56.1 Å². The molecule has 7 nitrogen and oxygen atoms in total. The van der Waals surface area contributed by atoms with E-state index in [1.54, 1.807) is 34.6 Å². The first-order chi connectivity index (χ1) is 12.6. The zero-order chi connectivity index (χ0) is 18.1. The van der Waals surface area contributed by atoms with E-state index in [0.717, 1.165) is 24.0 Å². The summed E-state index contributed by atoms with van der Waals surface area (Å²) >= 11 is 7.56. The van der Waals surface area contributed by atoms with Crippen molar-refractivity contribution in [3.63, 3.8) is 0 Å². The standard InChI is InChI=1S/C17H18ClN5O2S/c18-14-5-4-13(26-14)11-20-7-9-21(10-8-20)16(24)12-23-17(25)22-6-2-1-3-15(22)19-23/h1-6H,7-12H2. The summed E-state index contributed by atoms with van der Waals surface area (Å²) in [6.07, 6.45) is 1.65. The summed E-state index contributed by atoms with van der Waals surface area (Å²) in [6, 6.07) is 9.28. The molecule has 0 aromatic carbocycles. The normalized spacial score (nSPS) is 15.7. The van der Waals surface area contributed by atoms with E-state index in [0.29, 0.717) is 18.7 Å². The van der Waals surface area contributed by atoms with Crippen molar-refractivity contribution in [3.05, 3.63) is 56.2 Å². The third kappa shape index (κ3) is 3.53. The summed E-state index contributed by atoms with van der Waals surface area (Å²) in [5, 5.41) is 4.22. The smallest absolute Gasteiger partial charge is 0.339 e. The molecule has 1 amide bonds. The summed E-state index contributed by atoms with van der Waals surface area (Å²) < 4.78 is 3.47. The number of pyridine rings is 1. The van der Waals surface area contributed by atoms with E-state index < -0.39 is 0 Å². The van der Waals surface area contributed by atoms with Gasteiger partial charge >= 0.3 is 5.69 Å². The van der Waals surface area contributed by atoms with Crippen molar-refractivity contribution in [2.75, 3.05) is 26.2 Å². The maximum Gasteiger partial charge on any atom is 0.350 e. The van der Waals surface area contributed by atoms with Crippen molar-refractivity contribution in [1.29, 1.82) is 0 Å². The lowest BCUT2D eigenvalue weighted by Gasteiger charge is -2.34. The Labute approximate surface area is 159 Å². The molecule has 3 aromatic rings. The average Bonchev–Trinajstić information content (AvgIpc) is 3.19. The molecule has 0 N–H and O–H groups in total. The van der Waals surface area contributed by atoms with Gasteiger partial charge in [0.05, 0.1) is 4.34 Å². The maximum absolute atomic E-state index is 12.5. The van der Waals surface area contributed by atoms with Crippen LogP contribution >= 0.6 is 22.9 Å². The number of carbonyl (C=O) groups is 1. The number of fused-ring (bicyclic) bond motifs is 1. The molecule has 4 heterocycles. The molecule has 9 heteroatoms. The van der Waals surface area contributed by atoms with Gasteiger partial charge in [0.2, 0.25) is 5.91 Å². The van der Waals surface area contributed by atoms with Crippen LogP contribution in [0.2, 0.25) is 4.34 Å². The molecule has 0 radical (unpaired) electrons. The van der Waals surface area contributed by atoms with Gasteiger partial charge in [-0.2, -0.15) is 0 Å². The van der Waals surface area contributed by atoms with Gasteiger partial charge in [-0.15, -0.1) is 16.4 Å². The van der Waals surface area contributed by atoms with Gasteiger partial charge in [-0.3, -0.25) is 14.1 Å². The first-order valence-corrected chi connectivity index (χ1v) is 9.58. The highest BCUT2D eigenvalue weighted by molar-refractivity contribution is 7.16. The summed E-state index contributed by atoms with van der Waals surface area (Å²) in [5.74, 6) is -0.0747. The van der Waals surface area contributed by atoms with Gasteiger partial charge in [0, 0.05) is 43.8 Å². The van der Waals surface area contributed by atoms with Crippen molar-refractivity contribution in [2.24, 2.45) is 0 Å². The fourth-order valence-corrected chi connectivity index (χ4v) is 4.24. The van der Waals surface area contributed by atoms with Crippen molar-refractivity contribution in [1.82, 2.24) is 24.0 Å². The molecule has 26 heavy (non-hydrogen) atoms. The average molecular weight is 392 g/mol. The minimum Gasteiger partial charge on any atom is -0.339 e. The van der Waals surface area contributed by atoms with Crippen LogP contribution in [0, 0.1) is 0 Å². The third-order valence-electron chi connectivity index (χ3n) is 4.51. The highest BCUT2D eigenvalue weighted by Crippen LogP contribution is 2.23. The Balaban J connectivity index is 1.36. The van der Waals surface area contributed by atoms with Gasteiger partial charge in [0.25, 0.3) is 0 Å². The number of carbonyl (C=O) groups excluding carboxylic acids is 1. The molecule has 0 atom stereocenters. The lowest BCUT2D eigenvalue weighted by atomic mass is 10.3. The predicted octanol–water partition coefficient (Wildman–Crippen LogP) is 1.56. The number of piperazine rings is 1. The van der Waals surface area contributed by atoms with Crippen LogP contribution in [0.3, 0.4) is 0 Å². The van der Waals surface area contributed by atoms with E-state index in [9.17, 15) is 9.59 Å². The van der Waals surface area contributed by atoms with Gasteiger partial charge in [0.15, 0.2) is 5.65 Å². The Morgan fingerprint density at radius 3 is 2.65 bits per heavy atom. The minimum atomic E-state index is -0.290. The zero-order valence-electron chi connectivity index (χ0n) is 14.0. The fourth-order valence-electron chi connectivity index (χ4n) is 3.11. The second-order valence-electron chi connectivity index (χ2n) is 6.23. The zero-order valence-corrected chi connectivity index (χ0v) is 15.6. The fraction of sp³-hybridized carbons (Fsp3) is 0.353. The number of nitrogens with zero attached hydrogens (tertiary/aromatic N) is 5. The first kappa shape index (κ1) is 17.3. The van der Waals surface area contributed by atoms with E-state index in [-0.39, 0.29) is 18.1 Å². The SMILES string of the molecule is O=C(Cn1nc2ccccn2c1=O)N1CCN(Cc2ccc(Cl)s2)CC1. The number of rotatable bonds is 4. The Morgan fingerprint density at radius 1 is 1.15 bits per heavy atom. The second kappa shape index (κ2) is 7.22. The molecule has 1 aliphatic heterocycles. The Morgan fingerprint density at radius 2 is 1.96 bits per heavy atom. The topological polar surface area (TPSA) is 62.9 Å². The van der Waals surface area contributed by atoms with Crippen LogP contribution in [-0.2, 0) is 17.9 Å². The second-order valence-corrected chi connectivity index (χ2v) is 8.03. The van der Waals surface area contributed by atoms with Crippen molar-refractivity contribution >= 4 is 34.5 Å². The van der Waals surface area contributed by atoms with E-state index in [2.05, 4.69) is 10.00 Å². The minimum absolute atomic E-state index is 0.0267. The number of hydrogen-bond acceptors (Lipinski definition) is 5. The van der Waals surface area contributed by atoms with E-state index in [1.807, 2.05) is 18.2 Å². The van der Waals surface area contributed by atoms with Gasteiger partial charge in [-0.05, 0) is 24.3 Å². The molecule has 3 aromatic heterocycles. The lowest BCUT2D eigenvalue weighted by molar-refractivity contribution is -0.133. The molecular formula is C17H18ClN5O2S. The summed E-state index contributed by atoms with van der Waals surface area (Å²) in [7, 11) is 0. The highest BCUT2D eigenvalue weighted by atomic mass is 35.5. The quantitative estimate of drug-likeness (QED) is 0.677. The molecule has 0 aliphatic carbocycles.